The van der Waals surface area contributed by atoms with Crippen LogP contribution in [0.25, 0.3) is 0 Å². The molecule has 0 aromatic heterocycles. The van der Waals surface area contributed by atoms with Crippen LogP contribution in [0.5, 0.6) is 5.75 Å². The van der Waals surface area contributed by atoms with Gasteiger partial charge in [0.05, 0.1) is 6.04 Å². The highest BCUT2D eigenvalue weighted by atomic mass is 16.4. The highest BCUT2D eigenvalue weighted by Gasteiger charge is 2.30. The van der Waals surface area contributed by atoms with Crippen LogP contribution >= 0.6 is 0 Å². The number of carbonyl (C=O) groups excluding carboxylic acids is 3. The first-order valence-electron chi connectivity index (χ1n) is 13.1. The van der Waals surface area contributed by atoms with Crippen LogP contribution in [0.15, 0.2) is 29.3 Å². The third-order valence-electron chi connectivity index (χ3n) is 5.91. The van der Waals surface area contributed by atoms with Gasteiger partial charge in [0, 0.05) is 19.4 Å². The number of carboxylic acid groups (broad SMARTS) is 2. The number of nitrogens with two attached hydrogens (primary N) is 3. The molecule has 1 rings (SSSR count). The minimum Gasteiger partial charge on any atom is -0.508 e. The van der Waals surface area contributed by atoms with Gasteiger partial charge in [0.25, 0.3) is 0 Å². The number of benzene rings is 1. The molecule has 0 saturated heterocycles. The third kappa shape index (κ3) is 14.0. The van der Waals surface area contributed by atoms with Gasteiger partial charge in [0.1, 0.15) is 23.9 Å². The Morgan fingerprint density at radius 1 is 0.854 bits per heavy atom. The topological polar surface area (TPSA) is 273 Å². The number of hydrogen-bond donors (Lipinski definition) is 9. The van der Waals surface area contributed by atoms with E-state index < -0.39 is 60.2 Å². The summed E-state index contributed by atoms with van der Waals surface area (Å²) in [6, 6.07) is 0.789. The Hall–Kier alpha value is -4.40. The van der Waals surface area contributed by atoms with Gasteiger partial charge in [-0.2, -0.15) is 0 Å². The second kappa shape index (κ2) is 17.3. The maximum atomic E-state index is 13.2. The summed E-state index contributed by atoms with van der Waals surface area (Å²) in [6.45, 7) is 3.91. The lowest BCUT2D eigenvalue weighted by Gasteiger charge is -2.25. The molecule has 0 fully saturated rings. The van der Waals surface area contributed by atoms with Crippen LogP contribution in [-0.2, 0) is 30.4 Å². The number of carbonyl (C=O) groups is 5. The predicted octanol–water partition coefficient (Wildman–Crippen LogP) is -1.23. The second-order valence-corrected chi connectivity index (χ2v) is 10.0. The molecule has 0 aliphatic heterocycles. The van der Waals surface area contributed by atoms with E-state index in [1.54, 1.807) is 0 Å². The van der Waals surface area contributed by atoms with Crippen molar-refractivity contribution in [1.82, 2.24) is 16.0 Å². The van der Waals surface area contributed by atoms with Crippen LogP contribution < -0.4 is 33.2 Å². The molecule has 0 heterocycles. The lowest BCUT2D eigenvalue weighted by atomic mass is 10.0. The van der Waals surface area contributed by atoms with Gasteiger partial charge in [-0.25, -0.2) is 4.79 Å². The smallest absolute Gasteiger partial charge is 0.326 e. The number of phenolic OH excluding ortho intramolecular Hbond substituents is 1. The quantitative estimate of drug-likeness (QED) is 0.0564. The molecule has 4 unspecified atom stereocenters. The van der Waals surface area contributed by atoms with Gasteiger partial charge in [0.15, 0.2) is 5.96 Å². The van der Waals surface area contributed by atoms with Gasteiger partial charge in [0.2, 0.25) is 17.7 Å². The highest BCUT2D eigenvalue weighted by Crippen LogP contribution is 2.12. The first kappa shape index (κ1) is 34.6. The number of guanidine groups is 1. The summed E-state index contributed by atoms with van der Waals surface area (Å²) < 4.78 is 0. The minimum atomic E-state index is -1.43. The number of nitrogens with zero attached hydrogens (tertiary/aromatic N) is 1. The molecule has 41 heavy (non-hydrogen) atoms. The standard InChI is InChI=1S/C26H41N7O8/c1-14(2)12-17(27)22(37)31-18(4-3-11-30-26(28)29)23(38)32-19(9-10-21(35)36)24(39)33-20(25(40)41)13-15-5-7-16(34)8-6-15/h5-8,14,17-20,34H,3-4,9-13,27H2,1-2H3,(H,31,37)(H,32,38)(H,33,39)(H,35,36)(H,40,41)(H4,28,29,30). The van der Waals surface area contributed by atoms with Crippen molar-refractivity contribution in [3.8, 4) is 5.75 Å². The Bertz CT molecular complexity index is 1070. The molecule has 0 radical (unpaired) electrons. The van der Waals surface area contributed by atoms with Gasteiger partial charge in [-0.15, -0.1) is 0 Å². The maximum Gasteiger partial charge on any atom is 0.326 e. The van der Waals surface area contributed by atoms with E-state index >= 15 is 0 Å². The van der Waals surface area contributed by atoms with Gasteiger partial charge >= 0.3 is 11.9 Å². The highest BCUT2D eigenvalue weighted by molar-refractivity contribution is 5.94. The van der Waals surface area contributed by atoms with Crippen LogP contribution in [-0.4, -0.2) is 81.7 Å². The fourth-order valence-electron chi connectivity index (χ4n) is 3.82. The average molecular weight is 580 g/mol. The van der Waals surface area contributed by atoms with Crippen molar-refractivity contribution >= 4 is 35.6 Å². The number of rotatable bonds is 18. The van der Waals surface area contributed by atoms with Crippen LogP contribution in [0.4, 0.5) is 0 Å². The van der Waals surface area contributed by atoms with E-state index in [2.05, 4.69) is 20.9 Å². The number of carboxylic acids is 2. The summed E-state index contributed by atoms with van der Waals surface area (Å²) in [5.74, 6) is -4.98. The van der Waals surface area contributed by atoms with E-state index in [-0.39, 0.29) is 49.9 Å². The Morgan fingerprint density at radius 2 is 1.39 bits per heavy atom. The van der Waals surface area contributed by atoms with Crippen LogP contribution in [0, 0.1) is 5.92 Å². The van der Waals surface area contributed by atoms with E-state index in [0.29, 0.717) is 12.0 Å². The summed E-state index contributed by atoms with van der Waals surface area (Å²) in [5.41, 5.74) is 17.1. The van der Waals surface area contributed by atoms with Crippen molar-refractivity contribution in [3.63, 3.8) is 0 Å². The Kier molecular flexibility index (Phi) is 14.6. The van der Waals surface area contributed by atoms with Crippen LogP contribution in [0.2, 0.25) is 0 Å². The number of nitrogens with one attached hydrogen (secondary N) is 3. The number of hydrogen-bond acceptors (Lipinski definition) is 8. The number of amides is 3. The first-order chi connectivity index (χ1) is 19.2. The Morgan fingerprint density at radius 3 is 1.90 bits per heavy atom. The summed E-state index contributed by atoms with van der Waals surface area (Å²) in [4.78, 5) is 65.9. The van der Waals surface area contributed by atoms with E-state index in [0.717, 1.165) is 0 Å². The average Bonchev–Trinajstić information content (AvgIpc) is 2.87. The second-order valence-electron chi connectivity index (χ2n) is 10.0. The number of aliphatic imine (C=N–C) groups is 1. The molecule has 3 amide bonds. The minimum absolute atomic E-state index is 0.0220. The molecule has 0 saturated carbocycles. The number of aromatic hydroxyl groups is 1. The number of aliphatic carboxylic acids is 2. The van der Waals surface area contributed by atoms with Crippen molar-refractivity contribution in [2.75, 3.05) is 6.54 Å². The zero-order valence-electron chi connectivity index (χ0n) is 23.2. The lowest BCUT2D eigenvalue weighted by molar-refractivity contribution is -0.143. The molecular formula is C26H41N7O8. The Labute approximate surface area is 237 Å². The molecular weight excluding hydrogens is 538 g/mol. The zero-order chi connectivity index (χ0) is 31.1. The molecule has 0 aliphatic carbocycles. The Balaban J connectivity index is 3.09. The monoisotopic (exact) mass is 579 g/mol. The molecule has 1 aromatic rings. The molecule has 228 valence electrons. The summed E-state index contributed by atoms with van der Waals surface area (Å²) in [5, 5.41) is 35.6. The van der Waals surface area contributed by atoms with Crippen molar-refractivity contribution in [2.45, 2.75) is 76.5 Å². The van der Waals surface area contributed by atoms with Crippen molar-refractivity contribution in [1.29, 1.82) is 0 Å². The zero-order valence-corrected chi connectivity index (χ0v) is 23.2. The van der Waals surface area contributed by atoms with Crippen molar-refractivity contribution in [3.05, 3.63) is 29.8 Å². The maximum absolute atomic E-state index is 13.2. The SMILES string of the molecule is CC(C)CC(N)C(=O)NC(CCCN=C(N)N)C(=O)NC(CCC(=O)O)C(=O)NC(Cc1ccc(O)cc1)C(=O)O. The van der Waals surface area contributed by atoms with Gasteiger partial charge < -0.3 is 48.5 Å². The van der Waals surface area contributed by atoms with Gasteiger partial charge in [-0.05, 0) is 49.3 Å². The molecule has 0 spiro atoms. The molecule has 1 aromatic carbocycles. The van der Waals surface area contributed by atoms with Crippen LogP contribution in [0.3, 0.4) is 0 Å². The van der Waals surface area contributed by atoms with Crippen LogP contribution in [0.1, 0.15) is 51.5 Å². The predicted molar refractivity (Wildman–Crippen MR) is 149 cm³/mol. The fourth-order valence-corrected chi connectivity index (χ4v) is 3.82. The fraction of sp³-hybridized carbons (Fsp3) is 0.538. The normalized spacial score (nSPS) is 13.8. The largest absolute Gasteiger partial charge is 0.508 e. The molecule has 0 aliphatic rings. The first-order valence-corrected chi connectivity index (χ1v) is 13.1. The van der Waals surface area contributed by atoms with Crippen molar-refractivity contribution < 1.29 is 39.3 Å². The van der Waals surface area contributed by atoms with E-state index in [9.17, 15) is 34.2 Å². The molecule has 15 nitrogen and oxygen atoms in total. The van der Waals surface area contributed by atoms with E-state index in [1.807, 2.05) is 13.8 Å². The van der Waals surface area contributed by atoms with E-state index in [1.165, 1.54) is 24.3 Å². The summed E-state index contributed by atoms with van der Waals surface area (Å²) in [6.07, 6.45) is -0.299. The van der Waals surface area contributed by atoms with Gasteiger partial charge in [-0.3, -0.25) is 24.2 Å². The molecule has 12 N–H and O–H groups in total. The van der Waals surface area contributed by atoms with Gasteiger partial charge in [-0.1, -0.05) is 26.0 Å². The molecule has 0 bridgehead atoms. The summed E-state index contributed by atoms with van der Waals surface area (Å²) in [7, 11) is 0. The van der Waals surface area contributed by atoms with E-state index in [4.69, 9.17) is 22.3 Å². The lowest BCUT2D eigenvalue weighted by Crippen LogP contribution is -2.57. The molecule has 4 atom stereocenters. The van der Waals surface area contributed by atoms with Crippen molar-refractivity contribution in [2.24, 2.45) is 28.1 Å². The molecule has 15 heteroatoms. The summed E-state index contributed by atoms with van der Waals surface area (Å²) >= 11 is 0. The third-order valence-corrected chi connectivity index (χ3v) is 5.91. The number of phenols is 1.